The van der Waals surface area contributed by atoms with Gasteiger partial charge in [-0.1, -0.05) is 74.9 Å². The lowest BCUT2D eigenvalue weighted by atomic mass is 9.80. The number of nitrogens with zero attached hydrogens (tertiary/aromatic N) is 2. The van der Waals surface area contributed by atoms with Gasteiger partial charge >= 0.3 is 0 Å². The van der Waals surface area contributed by atoms with E-state index in [2.05, 4.69) is 16.7 Å². The fourth-order valence-electron chi connectivity index (χ4n) is 6.53. The molecule has 5 rings (SSSR count). The highest BCUT2D eigenvalue weighted by molar-refractivity contribution is 7.79. The average molecular weight is 596 g/mol. The van der Waals surface area contributed by atoms with Gasteiger partial charge in [0.1, 0.15) is 0 Å². The Morgan fingerprint density at radius 3 is 2.32 bits per heavy atom. The van der Waals surface area contributed by atoms with E-state index in [1.165, 1.54) is 32.1 Å². The molecule has 0 spiro atoms. The first-order chi connectivity index (χ1) is 19.8. The van der Waals surface area contributed by atoms with E-state index in [0.717, 1.165) is 55.8 Å². The normalized spacial score (nSPS) is 18.0. The van der Waals surface area contributed by atoms with Gasteiger partial charge in [-0.2, -0.15) is 0 Å². The zero-order chi connectivity index (χ0) is 28.9. The van der Waals surface area contributed by atoms with Gasteiger partial charge in [0.15, 0.2) is 6.29 Å². The molecule has 0 amide bonds. The number of piperidine rings is 1. The molecule has 1 unspecified atom stereocenters. The van der Waals surface area contributed by atoms with Gasteiger partial charge in [-0.15, -0.1) is 0 Å². The van der Waals surface area contributed by atoms with Crippen LogP contribution in [0.5, 0.6) is 0 Å². The molecule has 3 aromatic carbocycles. The van der Waals surface area contributed by atoms with Crippen LogP contribution in [0, 0.1) is 11.8 Å². The minimum absolute atomic E-state index is 0.190. The first-order valence-corrected chi connectivity index (χ1v) is 16.3. The van der Waals surface area contributed by atoms with Gasteiger partial charge in [-0.25, -0.2) is 0 Å². The minimum atomic E-state index is -2.51. The summed E-state index contributed by atoms with van der Waals surface area (Å²) in [5, 5.41) is 20.1. The summed E-state index contributed by atoms with van der Waals surface area (Å²) in [6.45, 7) is 4.77. The molecular weight excluding hydrogens is 556 g/mol. The summed E-state index contributed by atoms with van der Waals surface area (Å²) in [7, 11) is 0. The molecule has 1 aliphatic carbocycles. The Morgan fingerprint density at radius 1 is 0.976 bits per heavy atom. The lowest BCUT2D eigenvalue weighted by Gasteiger charge is -2.37. The molecule has 220 valence electrons. The largest absolute Gasteiger partial charge is 0.768 e. The molecule has 2 fully saturated rings. The van der Waals surface area contributed by atoms with Crippen molar-refractivity contribution in [1.82, 2.24) is 0 Å². The fourth-order valence-corrected chi connectivity index (χ4v) is 7.30. The van der Waals surface area contributed by atoms with Gasteiger partial charge in [-0.05, 0) is 84.1 Å². The van der Waals surface area contributed by atoms with Gasteiger partial charge in [0, 0.05) is 52.1 Å². The Balaban J connectivity index is 1.67. The van der Waals surface area contributed by atoms with Crippen LogP contribution in [-0.4, -0.2) is 38.6 Å². The summed E-state index contributed by atoms with van der Waals surface area (Å²) in [6, 6.07) is 19.0. The van der Waals surface area contributed by atoms with Crippen molar-refractivity contribution in [2.24, 2.45) is 11.8 Å². The van der Waals surface area contributed by atoms with Crippen LogP contribution in [-0.2, 0) is 11.1 Å². The summed E-state index contributed by atoms with van der Waals surface area (Å²) >= 11 is 3.75. The number of aliphatic hydroxyl groups is 2. The molecule has 1 saturated carbocycles. The SMILES string of the molecule is C[C@@H](CN(c1ccccc1)c1cc(N2CCCCC2)c(-c2ccc(Cl)c(C(O)O)c2)cc1S(=O)[O-])C1CCCCC1. The van der Waals surface area contributed by atoms with Crippen LogP contribution in [0.1, 0.15) is 70.1 Å². The third kappa shape index (κ3) is 6.98. The number of aliphatic hydroxyl groups excluding tert-OH is 1. The van der Waals surface area contributed by atoms with E-state index in [1.54, 1.807) is 18.2 Å². The predicted octanol–water partition coefficient (Wildman–Crippen LogP) is 7.57. The van der Waals surface area contributed by atoms with E-state index in [-0.39, 0.29) is 15.5 Å². The van der Waals surface area contributed by atoms with Crippen molar-refractivity contribution in [3.63, 3.8) is 0 Å². The zero-order valence-electron chi connectivity index (χ0n) is 23.7. The third-order valence-electron chi connectivity index (χ3n) is 8.82. The third-order valence-corrected chi connectivity index (χ3v) is 9.85. The van der Waals surface area contributed by atoms with Crippen molar-refractivity contribution in [2.75, 3.05) is 29.4 Å². The first kappa shape index (κ1) is 30.1. The van der Waals surface area contributed by atoms with Gasteiger partial charge in [0.05, 0.1) is 5.69 Å². The smallest absolute Gasteiger partial charge is 0.179 e. The molecule has 1 heterocycles. The lowest BCUT2D eigenvalue weighted by Crippen LogP contribution is -2.32. The molecule has 2 aliphatic rings. The van der Waals surface area contributed by atoms with Crippen molar-refractivity contribution in [3.8, 4) is 11.1 Å². The summed E-state index contributed by atoms with van der Waals surface area (Å²) < 4.78 is 25.8. The maximum Gasteiger partial charge on any atom is 0.179 e. The van der Waals surface area contributed by atoms with Crippen LogP contribution in [0.25, 0.3) is 11.1 Å². The molecular formula is C33H40ClN2O4S-. The monoisotopic (exact) mass is 595 g/mol. The number of anilines is 3. The summed E-state index contributed by atoms with van der Waals surface area (Å²) in [6.07, 6.45) is 7.81. The molecule has 8 heteroatoms. The highest BCUT2D eigenvalue weighted by atomic mass is 35.5. The Bertz CT molecular complexity index is 1340. The molecule has 2 atom stereocenters. The average Bonchev–Trinajstić information content (AvgIpc) is 3.00. The van der Waals surface area contributed by atoms with Gasteiger partial charge in [0.2, 0.25) is 0 Å². The van der Waals surface area contributed by atoms with E-state index < -0.39 is 17.4 Å². The summed E-state index contributed by atoms with van der Waals surface area (Å²) in [5.74, 6) is 1.01. The number of rotatable bonds is 9. The topological polar surface area (TPSA) is 87.1 Å². The second kappa shape index (κ2) is 13.7. The predicted molar refractivity (Wildman–Crippen MR) is 167 cm³/mol. The highest BCUT2D eigenvalue weighted by Crippen LogP contribution is 2.43. The van der Waals surface area contributed by atoms with E-state index >= 15 is 0 Å². The van der Waals surface area contributed by atoms with Crippen molar-refractivity contribution < 1.29 is 19.0 Å². The Labute approximate surface area is 251 Å². The Kier molecular flexibility index (Phi) is 10.0. The second-order valence-electron chi connectivity index (χ2n) is 11.6. The molecule has 1 saturated heterocycles. The van der Waals surface area contributed by atoms with Crippen LogP contribution in [0.4, 0.5) is 17.1 Å². The fraction of sp³-hybridized carbons (Fsp3) is 0.455. The van der Waals surface area contributed by atoms with Crippen molar-refractivity contribution >= 4 is 39.7 Å². The van der Waals surface area contributed by atoms with Crippen molar-refractivity contribution in [2.45, 2.75) is 69.5 Å². The Morgan fingerprint density at radius 2 is 1.66 bits per heavy atom. The summed E-state index contributed by atoms with van der Waals surface area (Å²) in [4.78, 5) is 4.74. The molecule has 3 aromatic rings. The minimum Gasteiger partial charge on any atom is -0.768 e. The Hall–Kier alpha value is -2.42. The highest BCUT2D eigenvalue weighted by Gasteiger charge is 2.27. The quantitative estimate of drug-likeness (QED) is 0.196. The van der Waals surface area contributed by atoms with Gasteiger partial charge in [-0.3, -0.25) is 4.21 Å². The molecule has 6 nitrogen and oxygen atoms in total. The van der Waals surface area contributed by atoms with Gasteiger partial charge < -0.3 is 24.6 Å². The van der Waals surface area contributed by atoms with E-state index in [1.807, 2.05) is 42.5 Å². The van der Waals surface area contributed by atoms with E-state index in [0.29, 0.717) is 23.1 Å². The number of para-hydroxylation sites is 1. The van der Waals surface area contributed by atoms with Crippen LogP contribution in [0.15, 0.2) is 65.6 Å². The summed E-state index contributed by atoms with van der Waals surface area (Å²) in [5.41, 5.74) is 4.21. The molecule has 0 radical (unpaired) electrons. The number of benzene rings is 3. The lowest BCUT2D eigenvalue weighted by molar-refractivity contribution is -0.0423. The molecule has 0 bridgehead atoms. The maximum absolute atomic E-state index is 12.9. The van der Waals surface area contributed by atoms with Gasteiger partial charge in [0.25, 0.3) is 0 Å². The van der Waals surface area contributed by atoms with Crippen LogP contribution >= 0.6 is 11.6 Å². The molecule has 2 N–H and O–H groups in total. The van der Waals surface area contributed by atoms with E-state index in [9.17, 15) is 19.0 Å². The van der Waals surface area contributed by atoms with E-state index in [4.69, 9.17) is 11.6 Å². The van der Waals surface area contributed by atoms with Crippen LogP contribution in [0.3, 0.4) is 0 Å². The second-order valence-corrected chi connectivity index (χ2v) is 12.9. The van der Waals surface area contributed by atoms with Crippen LogP contribution < -0.4 is 9.80 Å². The number of hydrogen-bond acceptors (Lipinski definition) is 6. The molecule has 0 aromatic heterocycles. The molecule has 1 aliphatic heterocycles. The standard InChI is InChI=1S/C33H41ClN2O4S/c1-23(24-11-5-2-6-12-24)22-36(26-13-7-3-8-14-26)31-21-30(35-17-9-4-10-18-35)27(20-32(31)41(39)40)25-15-16-29(34)28(19-25)33(37)38/h3,7-8,13-16,19-21,23-24,33,37-38H,2,4-6,9-12,17-18,22H2,1H3,(H,39,40)/p-1/t23-/m0/s1. The maximum atomic E-state index is 12.9. The zero-order valence-corrected chi connectivity index (χ0v) is 25.2. The first-order valence-electron chi connectivity index (χ1n) is 14.8. The number of halogens is 1. The molecule has 41 heavy (non-hydrogen) atoms. The van der Waals surface area contributed by atoms with Crippen LogP contribution in [0.2, 0.25) is 5.02 Å². The van der Waals surface area contributed by atoms with Crippen molar-refractivity contribution in [3.05, 3.63) is 71.2 Å². The number of hydrogen-bond donors (Lipinski definition) is 2. The van der Waals surface area contributed by atoms with Crippen molar-refractivity contribution in [1.29, 1.82) is 0 Å².